The van der Waals surface area contributed by atoms with Crippen LogP contribution in [0.25, 0.3) is 0 Å². The number of amides is 1. The third-order valence-corrected chi connectivity index (χ3v) is 2.05. The van der Waals surface area contributed by atoms with E-state index in [9.17, 15) is 13.2 Å². The van der Waals surface area contributed by atoms with Crippen molar-refractivity contribution in [2.24, 2.45) is 0 Å². The van der Waals surface area contributed by atoms with Crippen LogP contribution in [0.4, 0.5) is 0 Å². The SMILES string of the molecule is CCNC(=O)CCCNS(C)(=O)=O. The number of hydrogen-bond acceptors (Lipinski definition) is 3. The molecule has 0 fully saturated rings. The molecule has 0 heterocycles. The van der Waals surface area contributed by atoms with Crippen molar-refractivity contribution in [1.29, 1.82) is 0 Å². The molecule has 0 saturated carbocycles. The predicted molar refractivity (Wildman–Crippen MR) is 50.8 cm³/mol. The van der Waals surface area contributed by atoms with Crippen LogP contribution in [0.5, 0.6) is 0 Å². The molecule has 0 aromatic heterocycles. The summed E-state index contributed by atoms with van der Waals surface area (Å²) < 4.78 is 23.5. The quantitative estimate of drug-likeness (QED) is 0.575. The predicted octanol–water partition coefficient (Wildman–Crippen LogP) is -0.548. The Morgan fingerprint density at radius 1 is 1.38 bits per heavy atom. The van der Waals surface area contributed by atoms with E-state index in [-0.39, 0.29) is 5.91 Å². The summed E-state index contributed by atoms with van der Waals surface area (Å²) in [6, 6.07) is 0. The van der Waals surface area contributed by atoms with Gasteiger partial charge < -0.3 is 5.32 Å². The van der Waals surface area contributed by atoms with Crippen LogP contribution < -0.4 is 10.0 Å². The summed E-state index contributed by atoms with van der Waals surface area (Å²) >= 11 is 0. The fourth-order valence-corrected chi connectivity index (χ4v) is 1.31. The standard InChI is InChI=1S/C7H16N2O3S/c1-3-8-7(10)5-4-6-9-13(2,11)12/h9H,3-6H2,1-2H3,(H,8,10). The second-order valence-electron chi connectivity index (χ2n) is 2.72. The molecule has 2 N–H and O–H groups in total. The minimum absolute atomic E-state index is 0.0437. The number of carbonyl (C=O) groups is 1. The largest absolute Gasteiger partial charge is 0.356 e. The highest BCUT2D eigenvalue weighted by atomic mass is 32.2. The van der Waals surface area contributed by atoms with E-state index in [4.69, 9.17) is 0 Å². The molecule has 0 unspecified atom stereocenters. The summed E-state index contributed by atoms with van der Waals surface area (Å²) in [5, 5.41) is 2.63. The molecule has 0 aliphatic heterocycles. The zero-order valence-electron chi connectivity index (χ0n) is 7.96. The molecular formula is C7H16N2O3S. The maximum absolute atomic E-state index is 10.9. The lowest BCUT2D eigenvalue weighted by atomic mass is 10.3. The Hall–Kier alpha value is -0.620. The van der Waals surface area contributed by atoms with E-state index in [1.807, 2.05) is 6.92 Å². The van der Waals surface area contributed by atoms with Crippen molar-refractivity contribution >= 4 is 15.9 Å². The van der Waals surface area contributed by atoms with Crippen LogP contribution in [0.2, 0.25) is 0 Å². The van der Waals surface area contributed by atoms with Gasteiger partial charge in [0.15, 0.2) is 0 Å². The second kappa shape index (κ2) is 5.93. The molecule has 5 nitrogen and oxygen atoms in total. The smallest absolute Gasteiger partial charge is 0.220 e. The number of rotatable bonds is 6. The van der Waals surface area contributed by atoms with Gasteiger partial charge in [0.05, 0.1) is 6.26 Å². The highest BCUT2D eigenvalue weighted by molar-refractivity contribution is 7.88. The third kappa shape index (κ3) is 9.29. The van der Waals surface area contributed by atoms with Crippen molar-refractivity contribution in [2.45, 2.75) is 19.8 Å². The van der Waals surface area contributed by atoms with Crippen LogP contribution in [0.15, 0.2) is 0 Å². The number of carbonyl (C=O) groups excluding carboxylic acids is 1. The number of nitrogens with one attached hydrogen (secondary N) is 2. The lowest BCUT2D eigenvalue weighted by Gasteiger charge is -2.02. The van der Waals surface area contributed by atoms with Gasteiger partial charge in [0.2, 0.25) is 15.9 Å². The van der Waals surface area contributed by atoms with E-state index in [0.29, 0.717) is 25.9 Å². The first-order chi connectivity index (χ1) is 5.95. The summed E-state index contributed by atoms with van der Waals surface area (Å²) in [5.41, 5.74) is 0. The first-order valence-corrected chi connectivity index (χ1v) is 6.06. The van der Waals surface area contributed by atoms with Gasteiger partial charge in [0.1, 0.15) is 0 Å². The van der Waals surface area contributed by atoms with Gasteiger partial charge in [-0.25, -0.2) is 13.1 Å². The van der Waals surface area contributed by atoms with Crippen LogP contribution in [0.3, 0.4) is 0 Å². The van der Waals surface area contributed by atoms with E-state index >= 15 is 0 Å². The van der Waals surface area contributed by atoms with Crippen molar-refractivity contribution in [3.8, 4) is 0 Å². The molecule has 0 aromatic rings. The molecule has 0 aliphatic carbocycles. The molecule has 13 heavy (non-hydrogen) atoms. The molecule has 0 atom stereocenters. The van der Waals surface area contributed by atoms with E-state index in [0.717, 1.165) is 6.26 Å². The molecule has 1 amide bonds. The fraction of sp³-hybridized carbons (Fsp3) is 0.857. The minimum Gasteiger partial charge on any atom is -0.356 e. The lowest BCUT2D eigenvalue weighted by molar-refractivity contribution is -0.121. The zero-order valence-corrected chi connectivity index (χ0v) is 8.78. The van der Waals surface area contributed by atoms with Gasteiger partial charge >= 0.3 is 0 Å². The van der Waals surface area contributed by atoms with E-state index in [1.165, 1.54) is 0 Å². The van der Waals surface area contributed by atoms with Gasteiger partial charge in [-0.2, -0.15) is 0 Å². The fourth-order valence-electron chi connectivity index (χ4n) is 0.792. The highest BCUT2D eigenvalue weighted by Crippen LogP contribution is 1.87. The molecule has 6 heteroatoms. The summed E-state index contributed by atoms with van der Waals surface area (Å²) in [4.78, 5) is 10.9. The number of hydrogen-bond donors (Lipinski definition) is 2. The van der Waals surface area contributed by atoms with Crippen LogP contribution in [0.1, 0.15) is 19.8 Å². The van der Waals surface area contributed by atoms with Crippen molar-refractivity contribution < 1.29 is 13.2 Å². The van der Waals surface area contributed by atoms with Crippen LogP contribution in [-0.4, -0.2) is 33.7 Å². The second-order valence-corrected chi connectivity index (χ2v) is 4.56. The summed E-state index contributed by atoms with van der Waals surface area (Å²) in [6.07, 6.45) is 1.98. The summed E-state index contributed by atoms with van der Waals surface area (Å²) in [7, 11) is -3.12. The highest BCUT2D eigenvalue weighted by Gasteiger charge is 2.01. The average Bonchev–Trinajstić information content (AvgIpc) is 1.97. The number of sulfonamides is 1. The van der Waals surface area contributed by atoms with E-state index < -0.39 is 10.0 Å². The Labute approximate surface area is 79.0 Å². The summed E-state index contributed by atoms with van der Waals surface area (Å²) in [5.74, 6) is -0.0437. The van der Waals surface area contributed by atoms with Crippen molar-refractivity contribution in [3.05, 3.63) is 0 Å². The molecule has 0 spiro atoms. The van der Waals surface area contributed by atoms with Gasteiger partial charge in [-0.1, -0.05) is 0 Å². The van der Waals surface area contributed by atoms with Crippen LogP contribution in [0, 0.1) is 0 Å². The maximum atomic E-state index is 10.9. The first kappa shape index (κ1) is 12.4. The molecule has 0 bridgehead atoms. The minimum atomic E-state index is -3.12. The Morgan fingerprint density at radius 3 is 2.46 bits per heavy atom. The monoisotopic (exact) mass is 208 g/mol. The molecule has 78 valence electrons. The zero-order chi connectivity index (χ0) is 10.3. The molecule has 0 radical (unpaired) electrons. The summed E-state index contributed by atoms with van der Waals surface area (Å²) in [6.45, 7) is 2.76. The van der Waals surface area contributed by atoms with Gasteiger partial charge in [0.25, 0.3) is 0 Å². The first-order valence-electron chi connectivity index (χ1n) is 4.17. The molecular weight excluding hydrogens is 192 g/mol. The van der Waals surface area contributed by atoms with Crippen LogP contribution >= 0.6 is 0 Å². The molecule has 0 rings (SSSR count). The van der Waals surface area contributed by atoms with E-state index in [1.54, 1.807) is 0 Å². The van der Waals surface area contributed by atoms with Crippen molar-refractivity contribution in [1.82, 2.24) is 10.0 Å². The van der Waals surface area contributed by atoms with Gasteiger partial charge in [-0.3, -0.25) is 4.79 Å². The maximum Gasteiger partial charge on any atom is 0.220 e. The Morgan fingerprint density at radius 2 is 2.00 bits per heavy atom. The van der Waals surface area contributed by atoms with E-state index in [2.05, 4.69) is 10.0 Å². The Bertz CT molecular complexity index is 248. The van der Waals surface area contributed by atoms with Crippen molar-refractivity contribution in [2.75, 3.05) is 19.3 Å². The molecule has 0 aromatic carbocycles. The Balaban J connectivity index is 3.41. The molecule has 0 saturated heterocycles. The molecule has 0 aliphatic rings. The lowest BCUT2D eigenvalue weighted by Crippen LogP contribution is -2.26. The van der Waals surface area contributed by atoms with Crippen LogP contribution in [-0.2, 0) is 14.8 Å². The van der Waals surface area contributed by atoms with Gasteiger partial charge in [0, 0.05) is 19.5 Å². The van der Waals surface area contributed by atoms with Gasteiger partial charge in [-0.05, 0) is 13.3 Å². The topological polar surface area (TPSA) is 75.3 Å². The van der Waals surface area contributed by atoms with Crippen molar-refractivity contribution in [3.63, 3.8) is 0 Å². The Kier molecular flexibility index (Phi) is 5.65. The average molecular weight is 208 g/mol. The normalized spacial score (nSPS) is 11.2. The third-order valence-electron chi connectivity index (χ3n) is 1.32. The van der Waals surface area contributed by atoms with Gasteiger partial charge in [-0.15, -0.1) is 0 Å².